The molecule has 2 rings (SSSR count). The fraction of sp³-hybridized carbons (Fsp3) is 0.500. The van der Waals surface area contributed by atoms with Gasteiger partial charge in [0.25, 0.3) is 0 Å². The lowest BCUT2D eigenvalue weighted by Crippen LogP contribution is -2.37. The van der Waals surface area contributed by atoms with Gasteiger partial charge in [0.1, 0.15) is 5.01 Å². The zero-order valence-electron chi connectivity index (χ0n) is 13.7. The molecule has 25 heavy (non-hydrogen) atoms. The summed E-state index contributed by atoms with van der Waals surface area (Å²) in [4.78, 5) is 12.1. The number of hydrogen-bond donors (Lipinski definition) is 2. The van der Waals surface area contributed by atoms with Gasteiger partial charge in [-0.1, -0.05) is 6.92 Å². The second kappa shape index (κ2) is 10.3. The van der Waals surface area contributed by atoms with E-state index in [1.807, 2.05) is 5.38 Å². The fourth-order valence-corrected chi connectivity index (χ4v) is 3.36. The van der Waals surface area contributed by atoms with E-state index in [2.05, 4.69) is 32.5 Å². The number of thiazole rings is 2. The molecule has 0 aromatic carbocycles. The van der Waals surface area contributed by atoms with E-state index in [9.17, 15) is 13.2 Å². The van der Waals surface area contributed by atoms with Crippen LogP contribution in [0.1, 0.15) is 28.3 Å². The molecule has 0 spiro atoms. The number of aromatic nitrogens is 2. The molecule has 0 unspecified atom stereocenters. The zero-order chi connectivity index (χ0) is 17.6. The van der Waals surface area contributed by atoms with E-state index in [4.69, 9.17) is 0 Å². The predicted octanol–water partition coefficient (Wildman–Crippen LogP) is 3.71. The second-order valence-corrected chi connectivity index (χ2v) is 6.70. The molecule has 5 nitrogen and oxygen atoms in total. The molecule has 0 aliphatic heterocycles. The first-order valence-electron chi connectivity index (χ1n) is 7.31. The maximum atomic E-state index is 12.5. The Bertz CT molecular complexity index is 684. The van der Waals surface area contributed by atoms with E-state index >= 15 is 0 Å². The first-order valence-corrected chi connectivity index (χ1v) is 9.07. The summed E-state index contributed by atoms with van der Waals surface area (Å²) in [5.41, 5.74) is 0.164. The van der Waals surface area contributed by atoms with Crippen molar-refractivity contribution in [3.05, 3.63) is 32.2 Å². The minimum atomic E-state index is -4.40. The first-order chi connectivity index (χ1) is 11.4. The molecule has 2 heterocycles. The number of guanidine groups is 1. The number of rotatable bonds is 6. The number of alkyl halides is 3. The number of hydrogen-bond acceptors (Lipinski definition) is 5. The summed E-state index contributed by atoms with van der Waals surface area (Å²) in [5, 5.41) is 10.6. The molecule has 0 fully saturated rings. The molecule has 0 aliphatic carbocycles. The van der Waals surface area contributed by atoms with Gasteiger partial charge in [-0.3, -0.25) is 4.99 Å². The van der Waals surface area contributed by atoms with Gasteiger partial charge in [-0.2, -0.15) is 13.2 Å². The summed E-state index contributed by atoms with van der Waals surface area (Å²) in [7, 11) is 1.61. The van der Waals surface area contributed by atoms with Crippen LogP contribution < -0.4 is 10.6 Å². The van der Waals surface area contributed by atoms with Gasteiger partial charge in [0.05, 0.1) is 17.2 Å². The molecule has 11 heteroatoms. The van der Waals surface area contributed by atoms with Crippen molar-refractivity contribution in [3.63, 3.8) is 0 Å². The highest BCUT2D eigenvalue weighted by atomic mass is 127. The van der Waals surface area contributed by atoms with E-state index in [0.29, 0.717) is 17.5 Å². The van der Waals surface area contributed by atoms with Crippen molar-refractivity contribution < 1.29 is 13.2 Å². The lowest BCUT2D eigenvalue weighted by atomic mass is 10.3. The molecule has 0 bridgehead atoms. The Morgan fingerprint density at radius 3 is 2.44 bits per heavy atom. The highest BCUT2D eigenvalue weighted by Crippen LogP contribution is 2.29. The Balaban J connectivity index is 0.00000312. The molecule has 140 valence electrons. The van der Waals surface area contributed by atoms with E-state index in [-0.39, 0.29) is 30.5 Å². The van der Waals surface area contributed by atoms with Crippen molar-refractivity contribution in [3.8, 4) is 0 Å². The third kappa shape index (κ3) is 7.05. The van der Waals surface area contributed by atoms with Gasteiger partial charge in [-0.25, -0.2) is 9.97 Å². The number of nitrogens with zero attached hydrogens (tertiary/aromatic N) is 3. The van der Waals surface area contributed by atoms with E-state index < -0.39 is 11.9 Å². The number of aliphatic imine (C=N–C) groups is 1. The smallest absolute Gasteiger partial charge is 0.356 e. The van der Waals surface area contributed by atoms with Gasteiger partial charge >= 0.3 is 6.18 Å². The Morgan fingerprint density at radius 2 is 1.88 bits per heavy atom. The molecule has 0 saturated heterocycles. The Labute approximate surface area is 169 Å². The summed E-state index contributed by atoms with van der Waals surface area (Å²) in [6, 6.07) is 0. The van der Waals surface area contributed by atoms with Crippen LogP contribution in [0, 0.1) is 0 Å². The van der Waals surface area contributed by atoms with Crippen LogP contribution >= 0.6 is 46.7 Å². The molecule has 2 aromatic rings. The van der Waals surface area contributed by atoms with Crippen molar-refractivity contribution >= 4 is 52.6 Å². The highest BCUT2D eigenvalue weighted by Gasteiger charge is 2.33. The van der Waals surface area contributed by atoms with Crippen LogP contribution in [0.15, 0.2) is 15.8 Å². The molecule has 2 N–H and O–H groups in total. The number of halogens is 4. The summed E-state index contributed by atoms with van der Waals surface area (Å²) < 4.78 is 37.5. The monoisotopic (exact) mass is 505 g/mol. The van der Waals surface area contributed by atoms with Gasteiger partial charge in [0, 0.05) is 30.8 Å². The number of aryl methyl sites for hydroxylation is 1. The van der Waals surface area contributed by atoms with Crippen LogP contribution in [0.3, 0.4) is 0 Å². The minimum Gasteiger partial charge on any atom is -0.356 e. The van der Waals surface area contributed by atoms with Gasteiger partial charge in [-0.05, 0) is 6.42 Å². The van der Waals surface area contributed by atoms with E-state index in [1.165, 1.54) is 0 Å². The molecule has 2 aromatic heterocycles. The molecular formula is C14H19F3IN5S2. The third-order valence-corrected chi connectivity index (χ3v) is 4.94. The molecular weight excluding hydrogens is 486 g/mol. The van der Waals surface area contributed by atoms with Crippen molar-refractivity contribution in [2.45, 2.75) is 32.5 Å². The maximum absolute atomic E-state index is 12.5. The van der Waals surface area contributed by atoms with Gasteiger partial charge in [0.2, 0.25) is 0 Å². The van der Waals surface area contributed by atoms with Crippen molar-refractivity contribution in [2.75, 3.05) is 13.6 Å². The Morgan fingerprint density at radius 1 is 1.16 bits per heavy atom. The molecule has 0 aliphatic rings. The van der Waals surface area contributed by atoms with Gasteiger partial charge < -0.3 is 10.6 Å². The summed E-state index contributed by atoms with van der Waals surface area (Å²) in [5.74, 6) is 0.518. The van der Waals surface area contributed by atoms with Crippen molar-refractivity contribution in [2.24, 2.45) is 4.99 Å². The molecule has 0 radical (unpaired) electrons. The molecule has 0 saturated carbocycles. The average Bonchev–Trinajstić information content (AvgIpc) is 3.19. The standard InChI is InChI=1S/C14H18F3N5S2.HI/c1-3-11-21-9(7-23-11)4-5-19-13(18-2)20-6-12-22-10(8-24-12)14(15,16)17;/h7-8H,3-6H2,1-2H3,(H2,18,19,20);1H. The van der Waals surface area contributed by atoms with Gasteiger partial charge in [0.15, 0.2) is 11.7 Å². The van der Waals surface area contributed by atoms with E-state index in [0.717, 1.165) is 40.3 Å². The summed E-state index contributed by atoms with van der Waals surface area (Å²) >= 11 is 2.61. The largest absolute Gasteiger partial charge is 0.434 e. The van der Waals surface area contributed by atoms with Crippen molar-refractivity contribution in [1.82, 2.24) is 20.6 Å². The number of nitrogens with one attached hydrogen (secondary N) is 2. The lowest BCUT2D eigenvalue weighted by molar-refractivity contribution is -0.140. The summed E-state index contributed by atoms with van der Waals surface area (Å²) in [6.45, 7) is 2.89. The fourth-order valence-electron chi connectivity index (χ4n) is 1.84. The zero-order valence-corrected chi connectivity index (χ0v) is 17.6. The minimum absolute atomic E-state index is 0. The van der Waals surface area contributed by atoms with Crippen LogP contribution in [0.5, 0.6) is 0 Å². The van der Waals surface area contributed by atoms with Crippen molar-refractivity contribution in [1.29, 1.82) is 0 Å². The van der Waals surface area contributed by atoms with Crippen LogP contribution in [0.25, 0.3) is 0 Å². The maximum Gasteiger partial charge on any atom is 0.434 e. The summed E-state index contributed by atoms with van der Waals surface area (Å²) in [6.07, 6.45) is -2.72. The van der Waals surface area contributed by atoms with Crippen LogP contribution in [0.4, 0.5) is 13.2 Å². The predicted molar refractivity (Wildman–Crippen MR) is 106 cm³/mol. The third-order valence-electron chi connectivity index (χ3n) is 3.05. The normalized spacial score (nSPS) is 12.0. The SMILES string of the molecule is CCc1nc(CCNC(=NC)NCc2nc(C(F)(F)F)cs2)cs1.I. The molecule has 0 atom stereocenters. The second-order valence-electron chi connectivity index (χ2n) is 4.81. The van der Waals surface area contributed by atoms with Crippen LogP contribution in [-0.2, 0) is 25.6 Å². The van der Waals surface area contributed by atoms with Crippen LogP contribution in [0.2, 0.25) is 0 Å². The van der Waals surface area contributed by atoms with E-state index in [1.54, 1.807) is 18.4 Å². The Hall–Kier alpha value is -0.950. The quantitative estimate of drug-likeness (QED) is 0.357. The Kier molecular flexibility index (Phi) is 9.07. The first kappa shape index (κ1) is 22.1. The lowest BCUT2D eigenvalue weighted by Gasteiger charge is -2.10. The topological polar surface area (TPSA) is 62.2 Å². The van der Waals surface area contributed by atoms with Gasteiger partial charge in [-0.15, -0.1) is 46.7 Å². The highest BCUT2D eigenvalue weighted by molar-refractivity contribution is 14.0. The average molecular weight is 505 g/mol. The van der Waals surface area contributed by atoms with Crippen LogP contribution in [-0.4, -0.2) is 29.5 Å². The molecule has 0 amide bonds.